The normalized spacial score (nSPS) is 19.1. The van der Waals surface area contributed by atoms with Gasteiger partial charge in [-0.05, 0) is 37.6 Å². The zero-order valence-corrected chi connectivity index (χ0v) is 10.1. The van der Waals surface area contributed by atoms with E-state index in [-0.39, 0.29) is 5.91 Å². The second kappa shape index (κ2) is 5.08. The van der Waals surface area contributed by atoms with Gasteiger partial charge in [0.1, 0.15) is 11.7 Å². The highest BCUT2D eigenvalue weighted by atomic mass is 16.5. The molecule has 1 aromatic carbocycles. The minimum Gasteiger partial charge on any atom is -0.494 e. The molecule has 1 fully saturated rings. The van der Waals surface area contributed by atoms with Gasteiger partial charge in [0.05, 0.1) is 6.61 Å². The van der Waals surface area contributed by atoms with Crippen molar-refractivity contribution in [2.45, 2.75) is 13.3 Å². The Balaban J connectivity index is 2.13. The van der Waals surface area contributed by atoms with Gasteiger partial charge in [-0.1, -0.05) is 0 Å². The van der Waals surface area contributed by atoms with Gasteiger partial charge in [0, 0.05) is 12.2 Å². The first kappa shape index (κ1) is 12.4. The van der Waals surface area contributed by atoms with Crippen molar-refractivity contribution >= 4 is 17.6 Å². The van der Waals surface area contributed by atoms with E-state index in [9.17, 15) is 9.59 Å². The fourth-order valence-electron chi connectivity index (χ4n) is 2.05. The second-order valence-corrected chi connectivity index (χ2v) is 4.10. The summed E-state index contributed by atoms with van der Waals surface area (Å²) in [5.74, 6) is -1.56. The van der Waals surface area contributed by atoms with Gasteiger partial charge in [0.2, 0.25) is 5.91 Å². The van der Waals surface area contributed by atoms with Gasteiger partial charge in [-0.15, -0.1) is 0 Å². The van der Waals surface area contributed by atoms with Crippen molar-refractivity contribution in [3.63, 3.8) is 0 Å². The van der Waals surface area contributed by atoms with Crippen LogP contribution in [0.15, 0.2) is 24.3 Å². The first-order valence-corrected chi connectivity index (χ1v) is 5.90. The lowest BCUT2D eigenvalue weighted by atomic mass is 10.1. The molecule has 1 aromatic rings. The van der Waals surface area contributed by atoms with Crippen LogP contribution in [0.5, 0.6) is 5.75 Å². The Bertz CT molecular complexity index is 455. The summed E-state index contributed by atoms with van der Waals surface area (Å²) >= 11 is 0. The molecular formula is C13H15NO4. The summed E-state index contributed by atoms with van der Waals surface area (Å²) in [4.78, 5) is 24.2. The number of anilines is 1. The topological polar surface area (TPSA) is 66.8 Å². The third-order valence-corrected chi connectivity index (χ3v) is 2.96. The predicted molar refractivity (Wildman–Crippen MR) is 65.7 cm³/mol. The summed E-state index contributed by atoms with van der Waals surface area (Å²) in [5, 5.41) is 8.89. The van der Waals surface area contributed by atoms with Crippen LogP contribution in [0.4, 0.5) is 5.69 Å². The summed E-state index contributed by atoms with van der Waals surface area (Å²) in [6, 6.07) is 7.10. The lowest BCUT2D eigenvalue weighted by Gasteiger charge is -2.16. The highest BCUT2D eigenvalue weighted by molar-refractivity contribution is 6.07. The number of hydrogen-bond acceptors (Lipinski definition) is 3. The van der Waals surface area contributed by atoms with E-state index in [1.807, 2.05) is 6.92 Å². The van der Waals surface area contributed by atoms with Gasteiger partial charge in [0.15, 0.2) is 0 Å². The Kier molecular flexibility index (Phi) is 3.50. The third kappa shape index (κ3) is 2.30. The summed E-state index contributed by atoms with van der Waals surface area (Å²) in [6.45, 7) is 2.93. The lowest BCUT2D eigenvalue weighted by Crippen LogP contribution is -2.29. The van der Waals surface area contributed by atoms with E-state index in [1.54, 1.807) is 24.3 Å². The van der Waals surface area contributed by atoms with Crippen LogP contribution >= 0.6 is 0 Å². The maximum atomic E-state index is 11.9. The number of aliphatic carboxylic acids is 1. The highest BCUT2D eigenvalue weighted by Crippen LogP contribution is 2.27. The SMILES string of the molecule is CCOc1ccc(N2CCC(C(=O)O)C2=O)cc1. The van der Waals surface area contributed by atoms with Crippen LogP contribution < -0.4 is 9.64 Å². The smallest absolute Gasteiger partial charge is 0.316 e. The molecule has 2 rings (SSSR count). The number of benzene rings is 1. The maximum absolute atomic E-state index is 11.9. The molecule has 1 atom stereocenters. The van der Waals surface area contributed by atoms with Gasteiger partial charge in [-0.25, -0.2) is 0 Å². The molecule has 5 heteroatoms. The molecule has 1 aliphatic rings. The van der Waals surface area contributed by atoms with Crippen molar-refractivity contribution in [3.8, 4) is 5.75 Å². The van der Waals surface area contributed by atoms with Crippen LogP contribution in [0.2, 0.25) is 0 Å². The first-order chi connectivity index (χ1) is 8.63. The van der Waals surface area contributed by atoms with E-state index in [1.165, 1.54) is 4.90 Å². The van der Waals surface area contributed by atoms with Crippen molar-refractivity contribution in [2.24, 2.45) is 5.92 Å². The van der Waals surface area contributed by atoms with Crippen molar-refractivity contribution in [2.75, 3.05) is 18.1 Å². The monoisotopic (exact) mass is 249 g/mol. The van der Waals surface area contributed by atoms with Crippen molar-refractivity contribution < 1.29 is 19.4 Å². The van der Waals surface area contributed by atoms with Crippen LogP contribution in [0, 0.1) is 5.92 Å². The zero-order valence-electron chi connectivity index (χ0n) is 10.1. The molecule has 0 bridgehead atoms. The van der Waals surface area contributed by atoms with Crippen molar-refractivity contribution in [1.82, 2.24) is 0 Å². The number of ether oxygens (including phenoxy) is 1. The van der Waals surface area contributed by atoms with Crippen LogP contribution in [0.25, 0.3) is 0 Å². The number of carbonyl (C=O) groups is 2. The fraction of sp³-hybridized carbons (Fsp3) is 0.385. The Labute approximate surface area is 105 Å². The number of carboxylic acid groups (broad SMARTS) is 1. The number of hydrogen-bond donors (Lipinski definition) is 1. The van der Waals surface area contributed by atoms with Gasteiger partial charge in [-0.2, -0.15) is 0 Å². The molecule has 1 saturated heterocycles. The molecule has 96 valence electrons. The molecule has 18 heavy (non-hydrogen) atoms. The fourth-order valence-corrected chi connectivity index (χ4v) is 2.05. The van der Waals surface area contributed by atoms with Gasteiger partial charge in [0.25, 0.3) is 0 Å². The maximum Gasteiger partial charge on any atom is 0.316 e. The number of amides is 1. The number of nitrogens with zero attached hydrogens (tertiary/aromatic N) is 1. The van der Waals surface area contributed by atoms with Crippen molar-refractivity contribution in [1.29, 1.82) is 0 Å². The number of carbonyl (C=O) groups excluding carboxylic acids is 1. The quantitative estimate of drug-likeness (QED) is 0.822. The molecule has 0 radical (unpaired) electrons. The Morgan fingerprint density at radius 3 is 2.61 bits per heavy atom. The van der Waals surface area contributed by atoms with Crippen molar-refractivity contribution in [3.05, 3.63) is 24.3 Å². The van der Waals surface area contributed by atoms with Gasteiger partial charge < -0.3 is 14.7 Å². The minimum atomic E-state index is -1.05. The standard InChI is InChI=1S/C13H15NO4/c1-2-18-10-5-3-9(4-6-10)14-8-7-11(12(14)15)13(16)17/h3-6,11H,2,7-8H2,1H3,(H,16,17). The van der Waals surface area contributed by atoms with E-state index >= 15 is 0 Å². The summed E-state index contributed by atoms with van der Waals surface area (Å²) < 4.78 is 5.31. The molecule has 0 spiro atoms. The number of rotatable bonds is 4. The summed E-state index contributed by atoms with van der Waals surface area (Å²) in [7, 11) is 0. The van der Waals surface area contributed by atoms with E-state index in [0.29, 0.717) is 25.3 Å². The highest BCUT2D eigenvalue weighted by Gasteiger charge is 2.37. The zero-order chi connectivity index (χ0) is 13.1. The lowest BCUT2D eigenvalue weighted by molar-refractivity contribution is -0.144. The molecule has 5 nitrogen and oxygen atoms in total. The molecule has 1 unspecified atom stereocenters. The molecule has 1 amide bonds. The van der Waals surface area contributed by atoms with Gasteiger partial charge >= 0.3 is 5.97 Å². The molecule has 0 aliphatic carbocycles. The average molecular weight is 249 g/mol. The number of carboxylic acids is 1. The van der Waals surface area contributed by atoms with E-state index < -0.39 is 11.9 Å². The molecule has 1 heterocycles. The molecule has 1 aliphatic heterocycles. The first-order valence-electron chi connectivity index (χ1n) is 5.90. The van der Waals surface area contributed by atoms with E-state index in [4.69, 9.17) is 9.84 Å². The van der Waals surface area contributed by atoms with Crippen LogP contribution in [-0.2, 0) is 9.59 Å². The largest absolute Gasteiger partial charge is 0.494 e. The molecular weight excluding hydrogens is 234 g/mol. The van der Waals surface area contributed by atoms with Gasteiger partial charge in [-0.3, -0.25) is 9.59 Å². The minimum absolute atomic E-state index is 0.341. The summed E-state index contributed by atoms with van der Waals surface area (Å²) in [6.07, 6.45) is 0.362. The summed E-state index contributed by atoms with van der Waals surface area (Å²) in [5.41, 5.74) is 0.715. The molecule has 0 saturated carbocycles. The Morgan fingerprint density at radius 1 is 1.44 bits per heavy atom. The molecule has 0 aromatic heterocycles. The average Bonchev–Trinajstić information content (AvgIpc) is 2.73. The second-order valence-electron chi connectivity index (χ2n) is 4.10. The predicted octanol–water partition coefficient (Wildman–Crippen LogP) is 1.52. The van der Waals surface area contributed by atoms with Crippen LogP contribution in [0.1, 0.15) is 13.3 Å². The van der Waals surface area contributed by atoms with E-state index in [2.05, 4.69) is 0 Å². The Morgan fingerprint density at radius 2 is 2.11 bits per heavy atom. The Hall–Kier alpha value is -2.04. The molecule has 1 N–H and O–H groups in total. The van der Waals surface area contributed by atoms with E-state index in [0.717, 1.165) is 5.75 Å². The third-order valence-electron chi connectivity index (χ3n) is 2.96. The van der Waals surface area contributed by atoms with Crippen LogP contribution in [0.3, 0.4) is 0 Å². The van der Waals surface area contributed by atoms with Crippen LogP contribution in [-0.4, -0.2) is 30.1 Å².